The maximum absolute atomic E-state index is 9.40. The molecule has 2 aromatic heterocycles. The molecule has 0 aliphatic heterocycles. The highest BCUT2D eigenvalue weighted by atomic mass is 35.5. The second-order valence-corrected chi connectivity index (χ2v) is 5.89. The van der Waals surface area contributed by atoms with Gasteiger partial charge < -0.3 is 9.67 Å². The van der Waals surface area contributed by atoms with Gasteiger partial charge in [0.25, 0.3) is 0 Å². The number of fused-ring (bicyclic) bond motifs is 1. The van der Waals surface area contributed by atoms with Crippen LogP contribution in [0.4, 0.5) is 0 Å². The molecule has 0 aromatic carbocycles. The molecule has 0 fully saturated rings. The fraction of sp³-hybridized carbons (Fsp3) is 0.462. The van der Waals surface area contributed by atoms with Crippen LogP contribution < -0.4 is 0 Å². The first-order chi connectivity index (χ1) is 8.76. The number of halogens is 1. The van der Waals surface area contributed by atoms with E-state index in [9.17, 15) is 5.11 Å². The first kappa shape index (κ1) is 13.7. The summed E-state index contributed by atoms with van der Waals surface area (Å²) in [7, 11) is 0. The SMILES string of the molecule is CCSCCCn1c(CO)cc2cc(Cl)cnc21. The Labute approximate surface area is 116 Å². The van der Waals surface area contributed by atoms with Crippen LogP contribution in [0.25, 0.3) is 11.0 Å². The maximum Gasteiger partial charge on any atom is 0.140 e. The smallest absolute Gasteiger partial charge is 0.140 e. The molecule has 0 spiro atoms. The van der Waals surface area contributed by atoms with Gasteiger partial charge in [-0.3, -0.25) is 0 Å². The molecule has 0 aliphatic rings. The van der Waals surface area contributed by atoms with Gasteiger partial charge in [-0.2, -0.15) is 11.8 Å². The van der Waals surface area contributed by atoms with Crippen molar-refractivity contribution in [3.05, 3.63) is 29.0 Å². The largest absolute Gasteiger partial charge is 0.390 e. The fourth-order valence-corrected chi connectivity index (χ4v) is 2.81. The fourth-order valence-electron chi connectivity index (χ4n) is 2.02. The van der Waals surface area contributed by atoms with Crippen molar-refractivity contribution in [3.63, 3.8) is 0 Å². The Hall–Kier alpha value is -0.710. The van der Waals surface area contributed by atoms with Gasteiger partial charge in [0.2, 0.25) is 0 Å². The predicted molar refractivity (Wildman–Crippen MR) is 78.3 cm³/mol. The van der Waals surface area contributed by atoms with Crippen molar-refractivity contribution in [2.45, 2.75) is 26.5 Å². The summed E-state index contributed by atoms with van der Waals surface area (Å²) in [5, 5.41) is 11.0. The van der Waals surface area contributed by atoms with Gasteiger partial charge in [-0.15, -0.1) is 0 Å². The zero-order valence-corrected chi connectivity index (χ0v) is 12.0. The number of nitrogens with zero attached hydrogens (tertiary/aromatic N) is 2. The van der Waals surface area contributed by atoms with Crippen LogP contribution in [0.5, 0.6) is 0 Å². The van der Waals surface area contributed by atoms with E-state index in [1.54, 1.807) is 6.20 Å². The lowest BCUT2D eigenvalue weighted by Gasteiger charge is -2.08. The molecular formula is C13H17ClN2OS. The van der Waals surface area contributed by atoms with Crippen LogP contribution in [0.3, 0.4) is 0 Å². The van der Waals surface area contributed by atoms with E-state index in [2.05, 4.69) is 16.5 Å². The Morgan fingerprint density at radius 1 is 1.44 bits per heavy atom. The van der Waals surface area contributed by atoms with Crippen molar-refractivity contribution in [1.29, 1.82) is 0 Å². The van der Waals surface area contributed by atoms with E-state index in [-0.39, 0.29) is 6.61 Å². The molecule has 0 bridgehead atoms. The van der Waals surface area contributed by atoms with E-state index in [1.807, 2.05) is 23.9 Å². The molecular weight excluding hydrogens is 268 g/mol. The molecule has 2 rings (SSSR count). The van der Waals surface area contributed by atoms with Gasteiger partial charge in [-0.05, 0) is 30.1 Å². The number of aryl methyl sites for hydroxylation is 1. The summed E-state index contributed by atoms with van der Waals surface area (Å²) >= 11 is 7.87. The van der Waals surface area contributed by atoms with Crippen LogP contribution in [-0.2, 0) is 13.2 Å². The minimum Gasteiger partial charge on any atom is -0.390 e. The lowest BCUT2D eigenvalue weighted by Crippen LogP contribution is -2.04. The predicted octanol–water partition coefficient (Wildman–Crippen LogP) is 3.33. The van der Waals surface area contributed by atoms with Crippen molar-refractivity contribution < 1.29 is 5.11 Å². The Kier molecular flexibility index (Phi) is 4.92. The molecule has 3 nitrogen and oxygen atoms in total. The molecule has 0 atom stereocenters. The molecule has 0 radical (unpaired) electrons. The first-order valence-corrected chi connectivity index (χ1v) is 7.61. The third-order valence-corrected chi connectivity index (χ3v) is 4.02. The summed E-state index contributed by atoms with van der Waals surface area (Å²) in [6.45, 7) is 3.09. The Morgan fingerprint density at radius 3 is 3.00 bits per heavy atom. The molecule has 18 heavy (non-hydrogen) atoms. The van der Waals surface area contributed by atoms with Gasteiger partial charge in [0.1, 0.15) is 5.65 Å². The zero-order chi connectivity index (χ0) is 13.0. The molecule has 1 N–H and O–H groups in total. The monoisotopic (exact) mass is 284 g/mol. The number of aliphatic hydroxyl groups excluding tert-OH is 1. The number of aliphatic hydroxyl groups is 1. The molecule has 0 saturated carbocycles. The molecule has 2 aromatic rings. The average molecular weight is 285 g/mol. The quantitative estimate of drug-likeness (QED) is 0.827. The van der Waals surface area contributed by atoms with Gasteiger partial charge in [-0.1, -0.05) is 18.5 Å². The van der Waals surface area contributed by atoms with Gasteiger partial charge >= 0.3 is 0 Å². The number of hydrogen-bond acceptors (Lipinski definition) is 3. The third-order valence-electron chi connectivity index (χ3n) is 2.82. The summed E-state index contributed by atoms with van der Waals surface area (Å²) in [5.74, 6) is 2.28. The summed E-state index contributed by atoms with van der Waals surface area (Å²) in [6, 6.07) is 3.85. The first-order valence-electron chi connectivity index (χ1n) is 6.08. The van der Waals surface area contributed by atoms with E-state index in [0.717, 1.165) is 41.2 Å². The highest BCUT2D eigenvalue weighted by Crippen LogP contribution is 2.22. The van der Waals surface area contributed by atoms with Crippen LogP contribution in [0.2, 0.25) is 5.02 Å². The normalized spacial score (nSPS) is 11.3. The number of rotatable bonds is 6. The van der Waals surface area contributed by atoms with E-state index >= 15 is 0 Å². The zero-order valence-electron chi connectivity index (χ0n) is 10.4. The van der Waals surface area contributed by atoms with Crippen molar-refractivity contribution in [1.82, 2.24) is 9.55 Å². The topological polar surface area (TPSA) is 38.0 Å². The summed E-state index contributed by atoms with van der Waals surface area (Å²) in [5.41, 5.74) is 1.81. The highest BCUT2D eigenvalue weighted by Gasteiger charge is 2.09. The number of hydrogen-bond donors (Lipinski definition) is 1. The molecule has 5 heteroatoms. The summed E-state index contributed by atoms with van der Waals surface area (Å²) in [6.07, 6.45) is 2.74. The van der Waals surface area contributed by atoms with Crippen molar-refractivity contribution in [2.75, 3.05) is 11.5 Å². The van der Waals surface area contributed by atoms with Gasteiger partial charge in [-0.25, -0.2) is 4.98 Å². The van der Waals surface area contributed by atoms with Crippen molar-refractivity contribution in [3.8, 4) is 0 Å². The molecule has 0 aliphatic carbocycles. The van der Waals surface area contributed by atoms with Gasteiger partial charge in [0.05, 0.1) is 11.6 Å². The minimum absolute atomic E-state index is 0.0366. The summed E-state index contributed by atoms with van der Waals surface area (Å²) < 4.78 is 2.09. The number of aromatic nitrogens is 2. The van der Waals surface area contributed by atoms with Crippen molar-refractivity contribution in [2.24, 2.45) is 0 Å². The second kappa shape index (κ2) is 6.45. The van der Waals surface area contributed by atoms with Crippen LogP contribution in [-0.4, -0.2) is 26.2 Å². The number of pyridine rings is 1. The summed E-state index contributed by atoms with van der Waals surface area (Å²) in [4.78, 5) is 4.36. The van der Waals surface area contributed by atoms with E-state index in [4.69, 9.17) is 11.6 Å². The van der Waals surface area contributed by atoms with Gasteiger partial charge in [0.15, 0.2) is 0 Å². The van der Waals surface area contributed by atoms with Crippen LogP contribution in [0.15, 0.2) is 18.3 Å². The molecule has 0 saturated heterocycles. The van der Waals surface area contributed by atoms with Crippen LogP contribution >= 0.6 is 23.4 Å². The Balaban J connectivity index is 2.23. The van der Waals surface area contributed by atoms with Crippen LogP contribution in [0.1, 0.15) is 19.0 Å². The third kappa shape index (κ3) is 2.99. The average Bonchev–Trinajstić information content (AvgIpc) is 2.71. The lowest BCUT2D eigenvalue weighted by molar-refractivity contribution is 0.271. The molecule has 98 valence electrons. The highest BCUT2D eigenvalue weighted by molar-refractivity contribution is 7.99. The molecule has 2 heterocycles. The van der Waals surface area contributed by atoms with Gasteiger partial charge in [0, 0.05) is 23.8 Å². The maximum atomic E-state index is 9.40. The van der Waals surface area contributed by atoms with Crippen molar-refractivity contribution >= 4 is 34.4 Å². The number of thioether (sulfide) groups is 1. The van der Waals surface area contributed by atoms with Crippen LogP contribution in [0, 0.1) is 0 Å². The Morgan fingerprint density at radius 2 is 2.28 bits per heavy atom. The van der Waals surface area contributed by atoms with E-state index in [0.29, 0.717) is 5.02 Å². The van der Waals surface area contributed by atoms with E-state index in [1.165, 1.54) is 0 Å². The molecule has 0 amide bonds. The minimum atomic E-state index is 0.0366. The second-order valence-electron chi connectivity index (χ2n) is 4.06. The van der Waals surface area contributed by atoms with E-state index < -0.39 is 0 Å². The molecule has 0 unspecified atom stereocenters. The lowest BCUT2D eigenvalue weighted by atomic mass is 10.3. The Bertz CT molecular complexity index is 527. The standard InChI is InChI=1S/C13H17ClN2OS/c1-2-18-5-3-4-16-12(9-17)7-10-6-11(14)8-15-13(10)16/h6-8,17H,2-5,9H2,1H3.